The fourth-order valence-corrected chi connectivity index (χ4v) is 4.97. The molecule has 1 aliphatic carbocycles. The quantitative estimate of drug-likeness (QED) is 0.220. The van der Waals surface area contributed by atoms with Crippen molar-refractivity contribution in [3.8, 4) is 11.5 Å². The van der Waals surface area contributed by atoms with Crippen LogP contribution in [0.25, 0.3) is 0 Å². The summed E-state index contributed by atoms with van der Waals surface area (Å²) in [6.45, 7) is 7.84. The van der Waals surface area contributed by atoms with Crippen molar-refractivity contribution in [3.05, 3.63) is 58.7 Å². The summed E-state index contributed by atoms with van der Waals surface area (Å²) < 4.78 is 44.9. The van der Waals surface area contributed by atoms with E-state index in [1.54, 1.807) is 19.9 Å². The third-order valence-corrected chi connectivity index (χ3v) is 6.88. The van der Waals surface area contributed by atoms with Gasteiger partial charge < -0.3 is 29.5 Å². The Labute approximate surface area is 238 Å². The fraction of sp³-hybridized carbons (Fsp3) is 0.500. The van der Waals surface area contributed by atoms with Crippen molar-refractivity contribution in [1.82, 2.24) is 10.2 Å². The summed E-state index contributed by atoms with van der Waals surface area (Å²) in [7, 11) is 0. The highest BCUT2D eigenvalue weighted by Crippen LogP contribution is 2.46. The number of carbonyl (C=O) groups excluding carboxylic acids is 2. The van der Waals surface area contributed by atoms with Crippen LogP contribution in [0.3, 0.4) is 0 Å². The second-order valence-corrected chi connectivity index (χ2v) is 9.98. The molecule has 2 aromatic rings. The zero-order valence-corrected chi connectivity index (χ0v) is 23.9. The molecule has 0 heterocycles. The maximum Gasteiger partial charge on any atom is 0.329 e. The second-order valence-electron chi connectivity index (χ2n) is 9.98. The number of carboxylic acids is 1. The Bertz CT molecular complexity index is 1230. The van der Waals surface area contributed by atoms with Crippen LogP contribution in [0.5, 0.6) is 11.5 Å². The molecule has 41 heavy (non-hydrogen) atoms. The lowest BCUT2D eigenvalue weighted by Crippen LogP contribution is -2.68. The average Bonchev–Trinajstić information content (AvgIpc) is 2.89. The summed E-state index contributed by atoms with van der Waals surface area (Å²) in [6, 6.07) is 10.3. The smallest absolute Gasteiger partial charge is 0.329 e. The molecular weight excluding hydrogens is 538 g/mol. The van der Waals surface area contributed by atoms with Gasteiger partial charge in [-0.3, -0.25) is 4.79 Å². The first-order valence-corrected chi connectivity index (χ1v) is 13.7. The number of nitrogens with one attached hydrogen (secondary N) is 1. The van der Waals surface area contributed by atoms with Gasteiger partial charge in [-0.1, -0.05) is 37.3 Å². The molecule has 0 atom stereocenters. The monoisotopic (exact) mass is 576 g/mol. The number of carbonyl (C=O) groups is 3. The van der Waals surface area contributed by atoms with Crippen molar-refractivity contribution in [2.45, 2.75) is 71.6 Å². The molecule has 224 valence electrons. The van der Waals surface area contributed by atoms with Crippen LogP contribution >= 0.6 is 0 Å². The summed E-state index contributed by atoms with van der Waals surface area (Å²) in [5.74, 6) is -4.26. The van der Waals surface area contributed by atoms with E-state index in [-0.39, 0.29) is 45.3 Å². The topological polar surface area (TPSA) is 114 Å². The number of benzene rings is 2. The molecule has 0 bridgehead atoms. The molecule has 2 amide bonds. The second kappa shape index (κ2) is 13.8. The summed E-state index contributed by atoms with van der Waals surface area (Å²) in [5.41, 5.74) is 0.472. The number of Topliss-reactive ketones (excluding diaryl/α,β-unsaturated/α-hetero) is 1. The molecule has 0 spiro atoms. The number of alkyl halides is 2. The van der Waals surface area contributed by atoms with Crippen LogP contribution < -0.4 is 14.8 Å². The fourth-order valence-electron chi connectivity index (χ4n) is 4.97. The zero-order chi connectivity index (χ0) is 30.2. The van der Waals surface area contributed by atoms with Crippen LogP contribution in [0.2, 0.25) is 0 Å². The van der Waals surface area contributed by atoms with Gasteiger partial charge in [0.2, 0.25) is 0 Å². The summed E-state index contributed by atoms with van der Waals surface area (Å²) in [6.07, 6.45) is -1.52. The van der Waals surface area contributed by atoms with Crippen LogP contribution in [-0.2, 0) is 29.1 Å². The van der Waals surface area contributed by atoms with E-state index in [9.17, 15) is 28.3 Å². The third-order valence-electron chi connectivity index (χ3n) is 6.88. The van der Waals surface area contributed by atoms with Gasteiger partial charge in [0.1, 0.15) is 17.1 Å². The number of ketones is 1. The Hall–Kier alpha value is -3.73. The molecule has 1 aliphatic rings. The molecule has 9 nitrogen and oxygen atoms in total. The van der Waals surface area contributed by atoms with Gasteiger partial charge in [-0.2, -0.15) is 0 Å². The Morgan fingerprint density at radius 1 is 1.05 bits per heavy atom. The van der Waals surface area contributed by atoms with E-state index in [4.69, 9.17) is 14.2 Å². The predicted octanol–water partition coefficient (Wildman–Crippen LogP) is 5.23. The standard InChI is InChI=1S/C30H38F2N2O7/c1-5-23-22(15-24(40-6-2)25(20(4)35)26(23)41-7-3)16-34(13-14-39-17-21-11-9-8-10-12-21)28(38)33-29(27(36)37)18-30(31,32)19-29/h8-12,15H,5-7,13-14,16-19H2,1-4H3,(H,33,38)(H,36,37). The highest BCUT2D eigenvalue weighted by atomic mass is 19.3. The number of hydrogen-bond donors (Lipinski definition) is 2. The van der Waals surface area contributed by atoms with Crippen molar-refractivity contribution in [3.63, 3.8) is 0 Å². The molecule has 1 saturated carbocycles. The van der Waals surface area contributed by atoms with Crippen LogP contribution in [0.15, 0.2) is 36.4 Å². The lowest BCUT2D eigenvalue weighted by molar-refractivity contribution is -0.175. The predicted molar refractivity (Wildman–Crippen MR) is 148 cm³/mol. The lowest BCUT2D eigenvalue weighted by Gasteiger charge is -2.45. The molecule has 2 N–H and O–H groups in total. The maximum atomic E-state index is 13.7. The van der Waals surface area contributed by atoms with Crippen LogP contribution in [-0.4, -0.2) is 65.6 Å². The molecule has 0 saturated heterocycles. The first-order chi connectivity index (χ1) is 19.5. The van der Waals surface area contributed by atoms with Gasteiger partial charge in [0.05, 0.1) is 26.4 Å². The van der Waals surface area contributed by atoms with Crippen molar-refractivity contribution in [2.75, 3.05) is 26.4 Å². The number of nitrogens with zero attached hydrogens (tertiary/aromatic N) is 1. The van der Waals surface area contributed by atoms with Gasteiger partial charge in [-0.15, -0.1) is 0 Å². The molecule has 0 aromatic heterocycles. The normalized spacial score (nSPS) is 15.0. The minimum atomic E-state index is -3.17. The summed E-state index contributed by atoms with van der Waals surface area (Å²) in [4.78, 5) is 39.3. The molecule has 0 aliphatic heterocycles. The average molecular weight is 577 g/mol. The number of rotatable bonds is 15. The van der Waals surface area contributed by atoms with Crippen molar-refractivity contribution >= 4 is 17.8 Å². The Kier molecular flexibility index (Phi) is 10.7. The van der Waals surface area contributed by atoms with E-state index in [1.165, 1.54) is 11.8 Å². The van der Waals surface area contributed by atoms with Gasteiger partial charge in [0.15, 0.2) is 11.3 Å². The molecule has 2 aromatic carbocycles. The molecule has 3 rings (SSSR count). The molecule has 0 radical (unpaired) electrons. The van der Waals surface area contributed by atoms with Crippen molar-refractivity contribution < 1.29 is 42.5 Å². The molecule has 11 heteroatoms. The van der Waals surface area contributed by atoms with E-state index < -0.39 is 36.3 Å². The number of carboxylic acid groups (broad SMARTS) is 1. The first kappa shape index (κ1) is 31.8. The molecule has 0 unspecified atom stereocenters. The number of ether oxygens (including phenoxy) is 3. The van der Waals surface area contributed by atoms with Gasteiger partial charge in [0, 0.05) is 25.9 Å². The molecular formula is C30H38F2N2O7. The first-order valence-electron chi connectivity index (χ1n) is 13.7. The molecule has 1 fully saturated rings. The minimum absolute atomic E-state index is 0.0336. The van der Waals surface area contributed by atoms with Crippen LogP contribution in [0, 0.1) is 0 Å². The Morgan fingerprint density at radius 3 is 2.24 bits per heavy atom. The number of amides is 2. The minimum Gasteiger partial charge on any atom is -0.493 e. The maximum absolute atomic E-state index is 13.7. The van der Waals surface area contributed by atoms with Crippen molar-refractivity contribution in [2.24, 2.45) is 0 Å². The number of aliphatic carboxylic acids is 1. The van der Waals surface area contributed by atoms with E-state index in [0.29, 0.717) is 34.6 Å². The van der Waals surface area contributed by atoms with E-state index >= 15 is 0 Å². The summed E-state index contributed by atoms with van der Waals surface area (Å²) >= 11 is 0. The van der Waals surface area contributed by atoms with Gasteiger partial charge in [-0.05, 0) is 49.9 Å². The zero-order valence-electron chi connectivity index (χ0n) is 23.9. The SMILES string of the molecule is CCOc1cc(CN(CCOCc2ccccc2)C(=O)NC2(C(=O)O)CC(F)(F)C2)c(CC)c(OCC)c1C(C)=O. The van der Waals surface area contributed by atoms with Gasteiger partial charge in [0.25, 0.3) is 5.92 Å². The Balaban J connectivity index is 1.94. The van der Waals surface area contributed by atoms with E-state index in [1.807, 2.05) is 37.3 Å². The number of hydrogen-bond acceptors (Lipinski definition) is 6. The number of halogens is 2. The highest BCUT2D eigenvalue weighted by Gasteiger charge is 2.62. The van der Waals surface area contributed by atoms with Crippen molar-refractivity contribution in [1.29, 1.82) is 0 Å². The Morgan fingerprint density at radius 2 is 1.71 bits per heavy atom. The largest absolute Gasteiger partial charge is 0.493 e. The van der Waals surface area contributed by atoms with E-state index in [2.05, 4.69) is 5.32 Å². The third kappa shape index (κ3) is 7.72. The summed E-state index contributed by atoms with van der Waals surface area (Å²) in [5, 5.41) is 12.0. The van der Waals surface area contributed by atoms with Gasteiger partial charge in [-0.25, -0.2) is 18.4 Å². The van der Waals surface area contributed by atoms with Crippen LogP contribution in [0.4, 0.5) is 13.6 Å². The lowest BCUT2D eigenvalue weighted by atomic mass is 9.73. The van der Waals surface area contributed by atoms with E-state index in [0.717, 1.165) is 5.56 Å². The number of urea groups is 1. The van der Waals surface area contributed by atoms with Gasteiger partial charge >= 0.3 is 12.0 Å². The van der Waals surface area contributed by atoms with Crippen LogP contribution in [0.1, 0.15) is 67.6 Å². The highest BCUT2D eigenvalue weighted by molar-refractivity contribution is 6.00.